The fraction of sp³-hybridized carbons (Fsp3) is 0.207. The number of pyridine rings is 1. The molecule has 0 aliphatic rings. The van der Waals surface area contributed by atoms with Gasteiger partial charge >= 0.3 is 5.97 Å². The molecule has 0 spiro atoms. The zero-order chi connectivity index (χ0) is 25.3. The summed E-state index contributed by atoms with van der Waals surface area (Å²) in [6.45, 7) is 7.38. The number of hydrogen-bond donors (Lipinski definition) is 1. The number of fused-ring (bicyclic) bond motifs is 1. The van der Waals surface area contributed by atoms with E-state index < -0.39 is 18.0 Å². The van der Waals surface area contributed by atoms with Gasteiger partial charge in [0.2, 0.25) is 0 Å². The molecule has 1 N–H and O–H groups in total. The predicted molar refractivity (Wildman–Crippen MR) is 139 cm³/mol. The second-order valence-electron chi connectivity index (χ2n) is 8.91. The number of esters is 1. The topological polar surface area (TPSA) is 77.4 Å². The number of rotatable bonds is 5. The largest absolute Gasteiger partial charge is 0.448 e. The molecule has 0 aliphatic heterocycles. The standard InChI is InChI=1S/C29H28N2O4/c1-17-10-12-21(13-11-17)25-23-8-6-7-9-24(23)28(33)31(5)26(25)29(34)35-20(4)27(32)30-22-15-18(2)14-19(3)16-22/h6-16,20H,1-5H3,(H,30,32). The summed E-state index contributed by atoms with van der Waals surface area (Å²) in [5.74, 6) is -1.19. The number of amides is 1. The van der Waals surface area contributed by atoms with Gasteiger partial charge in [0.1, 0.15) is 5.69 Å². The Morgan fingerprint density at radius 3 is 2.09 bits per heavy atom. The zero-order valence-electron chi connectivity index (χ0n) is 20.5. The smallest absolute Gasteiger partial charge is 0.356 e. The Hall–Kier alpha value is -4.19. The van der Waals surface area contributed by atoms with Crippen molar-refractivity contribution in [2.45, 2.75) is 33.8 Å². The molecule has 35 heavy (non-hydrogen) atoms. The summed E-state index contributed by atoms with van der Waals surface area (Å²) >= 11 is 0. The van der Waals surface area contributed by atoms with Crippen molar-refractivity contribution in [2.24, 2.45) is 7.05 Å². The second-order valence-corrected chi connectivity index (χ2v) is 8.91. The van der Waals surface area contributed by atoms with E-state index in [1.165, 1.54) is 11.5 Å². The maximum atomic E-state index is 13.4. The third kappa shape index (κ3) is 4.87. The summed E-state index contributed by atoms with van der Waals surface area (Å²) in [5.41, 5.74) is 4.89. The number of ether oxygens (including phenoxy) is 1. The third-order valence-electron chi connectivity index (χ3n) is 5.98. The van der Waals surface area contributed by atoms with Gasteiger partial charge in [0.15, 0.2) is 6.10 Å². The quantitative estimate of drug-likeness (QED) is 0.403. The van der Waals surface area contributed by atoms with Gasteiger partial charge in [-0.3, -0.25) is 9.59 Å². The average molecular weight is 469 g/mol. The van der Waals surface area contributed by atoms with Crippen molar-refractivity contribution in [3.05, 3.63) is 99.5 Å². The van der Waals surface area contributed by atoms with Gasteiger partial charge in [0.25, 0.3) is 11.5 Å². The van der Waals surface area contributed by atoms with Gasteiger partial charge in [0, 0.05) is 23.7 Å². The van der Waals surface area contributed by atoms with Crippen LogP contribution < -0.4 is 10.9 Å². The SMILES string of the molecule is Cc1ccc(-c2c(C(=O)OC(C)C(=O)Nc3cc(C)cc(C)c3)n(C)c(=O)c3ccccc23)cc1. The van der Waals surface area contributed by atoms with Crippen molar-refractivity contribution in [2.75, 3.05) is 5.32 Å². The average Bonchev–Trinajstić information content (AvgIpc) is 2.81. The lowest BCUT2D eigenvalue weighted by Crippen LogP contribution is -2.33. The fourth-order valence-electron chi connectivity index (χ4n) is 4.28. The Labute approximate surface area is 204 Å². The van der Waals surface area contributed by atoms with Crippen LogP contribution in [0.4, 0.5) is 5.69 Å². The highest BCUT2D eigenvalue weighted by Crippen LogP contribution is 2.31. The van der Waals surface area contributed by atoms with Gasteiger partial charge in [-0.25, -0.2) is 4.79 Å². The molecule has 1 aromatic heterocycles. The van der Waals surface area contributed by atoms with Gasteiger partial charge in [-0.1, -0.05) is 54.1 Å². The molecule has 0 bridgehead atoms. The molecule has 4 rings (SSSR count). The van der Waals surface area contributed by atoms with E-state index in [9.17, 15) is 14.4 Å². The maximum Gasteiger partial charge on any atom is 0.356 e. The van der Waals surface area contributed by atoms with Gasteiger partial charge in [-0.2, -0.15) is 0 Å². The van der Waals surface area contributed by atoms with Gasteiger partial charge in [-0.15, -0.1) is 0 Å². The first-order chi connectivity index (χ1) is 16.7. The van der Waals surface area contributed by atoms with Crippen LogP contribution in [0.25, 0.3) is 21.9 Å². The van der Waals surface area contributed by atoms with E-state index in [2.05, 4.69) is 5.32 Å². The normalized spacial score (nSPS) is 11.8. The Balaban J connectivity index is 1.73. The minimum atomic E-state index is -1.07. The lowest BCUT2D eigenvalue weighted by molar-refractivity contribution is -0.123. The van der Waals surface area contributed by atoms with Crippen molar-refractivity contribution in [1.82, 2.24) is 4.57 Å². The molecule has 1 amide bonds. The van der Waals surface area contributed by atoms with E-state index in [4.69, 9.17) is 4.74 Å². The van der Waals surface area contributed by atoms with Gasteiger partial charge < -0.3 is 14.6 Å². The van der Waals surface area contributed by atoms with Crippen LogP contribution >= 0.6 is 0 Å². The van der Waals surface area contributed by atoms with Crippen molar-refractivity contribution in [3.8, 4) is 11.1 Å². The molecule has 0 saturated heterocycles. The summed E-state index contributed by atoms with van der Waals surface area (Å²) in [5, 5.41) is 3.96. The number of aromatic nitrogens is 1. The van der Waals surface area contributed by atoms with Crippen LogP contribution in [0.2, 0.25) is 0 Å². The molecule has 0 saturated carbocycles. The van der Waals surface area contributed by atoms with Crippen LogP contribution in [-0.4, -0.2) is 22.5 Å². The molecule has 1 unspecified atom stereocenters. The second kappa shape index (κ2) is 9.58. The number of anilines is 1. The highest BCUT2D eigenvalue weighted by molar-refractivity contribution is 6.07. The van der Waals surface area contributed by atoms with Gasteiger partial charge in [-0.05, 0) is 68.0 Å². The van der Waals surface area contributed by atoms with Crippen molar-refractivity contribution in [3.63, 3.8) is 0 Å². The molecule has 0 aliphatic carbocycles. The lowest BCUT2D eigenvalue weighted by Gasteiger charge is -2.19. The van der Waals surface area contributed by atoms with Crippen LogP contribution in [0.15, 0.2) is 71.5 Å². The molecule has 1 heterocycles. The monoisotopic (exact) mass is 468 g/mol. The number of carbonyl (C=O) groups is 2. The van der Waals surface area contributed by atoms with Crippen LogP contribution in [0, 0.1) is 20.8 Å². The first kappa shape index (κ1) is 24.0. The highest BCUT2D eigenvalue weighted by atomic mass is 16.5. The summed E-state index contributed by atoms with van der Waals surface area (Å²) in [6, 6.07) is 20.6. The van der Waals surface area contributed by atoms with E-state index in [1.54, 1.807) is 19.2 Å². The highest BCUT2D eigenvalue weighted by Gasteiger charge is 2.26. The summed E-state index contributed by atoms with van der Waals surface area (Å²) < 4.78 is 6.89. The van der Waals surface area contributed by atoms with Crippen molar-refractivity contribution < 1.29 is 14.3 Å². The van der Waals surface area contributed by atoms with E-state index in [-0.39, 0.29) is 11.3 Å². The molecule has 0 fully saturated rings. The minimum Gasteiger partial charge on any atom is -0.448 e. The molecule has 3 aromatic carbocycles. The van der Waals surface area contributed by atoms with E-state index >= 15 is 0 Å². The van der Waals surface area contributed by atoms with E-state index in [0.717, 1.165) is 22.3 Å². The minimum absolute atomic E-state index is 0.101. The Kier molecular flexibility index (Phi) is 6.56. The number of carbonyl (C=O) groups excluding carboxylic acids is 2. The van der Waals surface area contributed by atoms with Crippen LogP contribution in [0.3, 0.4) is 0 Å². The van der Waals surface area contributed by atoms with Crippen LogP contribution in [0.1, 0.15) is 34.1 Å². The molecule has 6 heteroatoms. The number of hydrogen-bond acceptors (Lipinski definition) is 4. The summed E-state index contributed by atoms with van der Waals surface area (Å²) in [4.78, 5) is 39.3. The van der Waals surface area contributed by atoms with E-state index in [0.29, 0.717) is 22.0 Å². The van der Waals surface area contributed by atoms with Crippen LogP contribution in [0.5, 0.6) is 0 Å². The molecule has 178 valence electrons. The summed E-state index contributed by atoms with van der Waals surface area (Å²) in [6.07, 6.45) is -1.07. The fourth-order valence-corrected chi connectivity index (χ4v) is 4.28. The lowest BCUT2D eigenvalue weighted by atomic mass is 9.96. The first-order valence-corrected chi connectivity index (χ1v) is 11.4. The van der Waals surface area contributed by atoms with Crippen molar-refractivity contribution in [1.29, 1.82) is 0 Å². The number of benzene rings is 3. The number of nitrogens with one attached hydrogen (secondary N) is 1. The molecule has 0 radical (unpaired) electrons. The van der Waals surface area contributed by atoms with E-state index in [1.807, 2.05) is 75.4 Å². The number of aryl methyl sites for hydroxylation is 3. The van der Waals surface area contributed by atoms with Crippen molar-refractivity contribution >= 4 is 28.3 Å². The molecular formula is C29H28N2O4. The molecular weight excluding hydrogens is 440 g/mol. The molecule has 1 atom stereocenters. The maximum absolute atomic E-state index is 13.4. The zero-order valence-corrected chi connectivity index (χ0v) is 20.5. The first-order valence-electron chi connectivity index (χ1n) is 11.4. The summed E-state index contributed by atoms with van der Waals surface area (Å²) in [7, 11) is 1.54. The molecule has 6 nitrogen and oxygen atoms in total. The molecule has 4 aromatic rings. The Morgan fingerprint density at radius 1 is 0.857 bits per heavy atom. The van der Waals surface area contributed by atoms with Gasteiger partial charge in [0.05, 0.1) is 0 Å². The predicted octanol–water partition coefficient (Wildman–Crippen LogP) is 5.31. The Morgan fingerprint density at radius 2 is 1.46 bits per heavy atom. The van der Waals surface area contributed by atoms with Crippen LogP contribution in [-0.2, 0) is 16.6 Å². The number of nitrogens with zero attached hydrogens (tertiary/aromatic N) is 1. The Bertz CT molecular complexity index is 1480. The third-order valence-corrected chi connectivity index (χ3v) is 5.98.